The molecule has 17 heavy (non-hydrogen) atoms. The summed E-state index contributed by atoms with van der Waals surface area (Å²) < 4.78 is 1.19. The molecule has 0 saturated heterocycles. The van der Waals surface area contributed by atoms with E-state index < -0.39 is 0 Å². The first-order valence-electron chi connectivity index (χ1n) is 5.79. The minimum absolute atomic E-state index is 0.485. The Kier molecular flexibility index (Phi) is 5.22. The monoisotopic (exact) mass is 329 g/mol. The van der Waals surface area contributed by atoms with Gasteiger partial charge in [0.2, 0.25) is 0 Å². The zero-order valence-electron chi connectivity index (χ0n) is 9.78. The lowest BCUT2D eigenvalue weighted by Crippen LogP contribution is -2.20. The van der Waals surface area contributed by atoms with Gasteiger partial charge in [0.15, 0.2) is 0 Å². The SMILES string of the molecule is CCNC(CCc1cccs1)c1cc(Br)cs1. The molecular weight excluding hydrogens is 314 g/mol. The van der Waals surface area contributed by atoms with E-state index in [4.69, 9.17) is 0 Å². The van der Waals surface area contributed by atoms with Crippen LogP contribution in [0.25, 0.3) is 0 Å². The molecule has 0 radical (unpaired) electrons. The maximum absolute atomic E-state index is 3.57. The zero-order chi connectivity index (χ0) is 12.1. The highest BCUT2D eigenvalue weighted by atomic mass is 79.9. The summed E-state index contributed by atoms with van der Waals surface area (Å²) >= 11 is 7.20. The molecule has 0 aliphatic heterocycles. The van der Waals surface area contributed by atoms with Crippen molar-refractivity contribution < 1.29 is 0 Å². The molecule has 2 heterocycles. The Labute approximate surface area is 119 Å². The molecule has 1 unspecified atom stereocenters. The first-order chi connectivity index (χ1) is 8.29. The van der Waals surface area contributed by atoms with Crippen molar-refractivity contribution in [2.45, 2.75) is 25.8 Å². The molecule has 2 rings (SSSR count). The van der Waals surface area contributed by atoms with Gasteiger partial charge in [0.25, 0.3) is 0 Å². The molecule has 0 saturated carbocycles. The Bertz CT molecular complexity index is 436. The fourth-order valence-electron chi connectivity index (χ4n) is 1.84. The van der Waals surface area contributed by atoms with Crippen LogP contribution in [0.2, 0.25) is 0 Å². The Morgan fingerprint density at radius 1 is 1.41 bits per heavy atom. The largest absolute Gasteiger partial charge is 0.310 e. The molecule has 1 N–H and O–H groups in total. The summed E-state index contributed by atoms with van der Waals surface area (Å²) in [6, 6.07) is 7.06. The fourth-order valence-corrected chi connectivity index (χ4v) is 4.12. The lowest BCUT2D eigenvalue weighted by atomic mass is 10.1. The summed E-state index contributed by atoms with van der Waals surface area (Å²) in [5.74, 6) is 0. The maximum Gasteiger partial charge on any atom is 0.0418 e. The van der Waals surface area contributed by atoms with E-state index in [1.54, 1.807) is 0 Å². The van der Waals surface area contributed by atoms with Gasteiger partial charge in [-0.25, -0.2) is 0 Å². The van der Waals surface area contributed by atoms with Gasteiger partial charge in [-0.1, -0.05) is 13.0 Å². The van der Waals surface area contributed by atoms with Crippen molar-refractivity contribution in [1.29, 1.82) is 0 Å². The summed E-state index contributed by atoms with van der Waals surface area (Å²) in [5, 5.41) is 7.88. The molecule has 2 aromatic rings. The molecule has 1 atom stereocenters. The summed E-state index contributed by atoms with van der Waals surface area (Å²) in [7, 11) is 0. The van der Waals surface area contributed by atoms with Gasteiger partial charge < -0.3 is 5.32 Å². The van der Waals surface area contributed by atoms with Crippen molar-refractivity contribution >= 4 is 38.6 Å². The number of aryl methyl sites for hydroxylation is 1. The van der Waals surface area contributed by atoms with Crippen LogP contribution in [0, 0.1) is 0 Å². The second-order valence-electron chi connectivity index (χ2n) is 3.90. The van der Waals surface area contributed by atoms with Crippen LogP contribution in [0.3, 0.4) is 0 Å². The van der Waals surface area contributed by atoms with Crippen LogP contribution < -0.4 is 5.32 Å². The lowest BCUT2D eigenvalue weighted by Gasteiger charge is -2.15. The highest BCUT2D eigenvalue weighted by Gasteiger charge is 2.12. The molecule has 1 nitrogen and oxygen atoms in total. The average Bonchev–Trinajstić information content (AvgIpc) is 2.95. The van der Waals surface area contributed by atoms with Crippen LogP contribution in [0.4, 0.5) is 0 Å². The number of hydrogen-bond acceptors (Lipinski definition) is 3. The summed E-state index contributed by atoms with van der Waals surface area (Å²) in [5.41, 5.74) is 0. The number of thiophene rings is 2. The molecule has 2 aromatic heterocycles. The molecule has 0 aliphatic carbocycles. The molecule has 0 spiro atoms. The highest BCUT2D eigenvalue weighted by Crippen LogP contribution is 2.28. The van der Waals surface area contributed by atoms with Crippen LogP contribution in [0.5, 0.6) is 0 Å². The van der Waals surface area contributed by atoms with Gasteiger partial charge in [0.1, 0.15) is 0 Å². The Morgan fingerprint density at radius 2 is 2.29 bits per heavy atom. The van der Waals surface area contributed by atoms with Crippen molar-refractivity contribution in [1.82, 2.24) is 5.32 Å². The number of rotatable bonds is 6. The summed E-state index contributed by atoms with van der Waals surface area (Å²) in [4.78, 5) is 2.90. The number of nitrogens with one attached hydrogen (secondary N) is 1. The van der Waals surface area contributed by atoms with Crippen molar-refractivity contribution in [2.75, 3.05) is 6.54 Å². The van der Waals surface area contributed by atoms with E-state index in [9.17, 15) is 0 Å². The molecular formula is C13H16BrNS2. The third-order valence-electron chi connectivity index (χ3n) is 2.64. The Morgan fingerprint density at radius 3 is 2.88 bits per heavy atom. The smallest absolute Gasteiger partial charge is 0.0418 e. The van der Waals surface area contributed by atoms with Crippen molar-refractivity contribution in [2.24, 2.45) is 0 Å². The van der Waals surface area contributed by atoms with Crippen LogP contribution >= 0.6 is 38.6 Å². The van der Waals surface area contributed by atoms with Gasteiger partial charge in [-0.15, -0.1) is 22.7 Å². The highest BCUT2D eigenvalue weighted by molar-refractivity contribution is 9.10. The van der Waals surface area contributed by atoms with E-state index in [0.717, 1.165) is 13.0 Å². The molecule has 0 fully saturated rings. The van der Waals surface area contributed by atoms with E-state index in [0.29, 0.717) is 6.04 Å². The Balaban J connectivity index is 1.97. The average molecular weight is 330 g/mol. The van der Waals surface area contributed by atoms with Gasteiger partial charge in [0, 0.05) is 25.6 Å². The molecule has 92 valence electrons. The molecule has 4 heteroatoms. The Hall–Kier alpha value is -0.160. The molecule has 0 aliphatic rings. The second kappa shape index (κ2) is 6.69. The fraction of sp³-hybridized carbons (Fsp3) is 0.385. The van der Waals surface area contributed by atoms with Gasteiger partial charge in [-0.05, 0) is 52.8 Å². The van der Waals surface area contributed by atoms with Crippen molar-refractivity contribution in [3.8, 4) is 0 Å². The van der Waals surface area contributed by atoms with Crippen LogP contribution in [-0.4, -0.2) is 6.54 Å². The summed E-state index contributed by atoms with van der Waals surface area (Å²) in [6.07, 6.45) is 2.33. The van der Waals surface area contributed by atoms with Gasteiger partial charge in [0.05, 0.1) is 0 Å². The van der Waals surface area contributed by atoms with Gasteiger partial charge in [-0.3, -0.25) is 0 Å². The minimum Gasteiger partial charge on any atom is -0.310 e. The van der Waals surface area contributed by atoms with E-state index >= 15 is 0 Å². The second-order valence-corrected chi connectivity index (χ2v) is 6.79. The van der Waals surface area contributed by atoms with Crippen molar-refractivity contribution in [3.63, 3.8) is 0 Å². The van der Waals surface area contributed by atoms with E-state index in [1.165, 1.54) is 20.6 Å². The number of halogens is 1. The predicted octanol–water partition coefficient (Wildman–Crippen LogP) is 4.86. The van der Waals surface area contributed by atoms with Gasteiger partial charge >= 0.3 is 0 Å². The first-order valence-corrected chi connectivity index (χ1v) is 8.34. The topological polar surface area (TPSA) is 12.0 Å². The zero-order valence-corrected chi connectivity index (χ0v) is 13.0. The number of hydrogen-bond donors (Lipinski definition) is 1. The maximum atomic E-state index is 3.57. The lowest BCUT2D eigenvalue weighted by molar-refractivity contribution is 0.524. The van der Waals surface area contributed by atoms with E-state index in [2.05, 4.69) is 57.1 Å². The third-order valence-corrected chi connectivity index (χ3v) is 5.38. The normalized spacial score (nSPS) is 12.8. The van der Waals surface area contributed by atoms with E-state index in [-0.39, 0.29) is 0 Å². The molecule has 0 aromatic carbocycles. The predicted molar refractivity (Wildman–Crippen MR) is 81.1 cm³/mol. The quantitative estimate of drug-likeness (QED) is 0.798. The standard InChI is InChI=1S/C13H16BrNS2/c1-2-15-12(13-8-10(14)9-17-13)6-5-11-4-3-7-16-11/h3-4,7-9,12,15H,2,5-6H2,1H3. The van der Waals surface area contributed by atoms with Crippen LogP contribution in [0.15, 0.2) is 33.4 Å². The first kappa shape index (κ1) is 13.3. The van der Waals surface area contributed by atoms with Gasteiger partial charge in [-0.2, -0.15) is 0 Å². The third kappa shape index (κ3) is 3.91. The van der Waals surface area contributed by atoms with Crippen molar-refractivity contribution in [3.05, 3.63) is 43.2 Å². The van der Waals surface area contributed by atoms with Crippen LogP contribution in [-0.2, 0) is 6.42 Å². The summed E-state index contributed by atoms with van der Waals surface area (Å²) in [6.45, 7) is 3.19. The van der Waals surface area contributed by atoms with E-state index in [1.807, 2.05) is 22.7 Å². The molecule has 0 bridgehead atoms. The minimum atomic E-state index is 0.485. The van der Waals surface area contributed by atoms with Crippen LogP contribution in [0.1, 0.15) is 29.1 Å². The molecule has 0 amide bonds.